The van der Waals surface area contributed by atoms with Crippen LogP contribution >= 0.6 is 0 Å². The molecule has 0 bridgehead atoms. The summed E-state index contributed by atoms with van der Waals surface area (Å²) in [6.45, 7) is 2.59. The molecule has 0 saturated carbocycles. The van der Waals surface area contributed by atoms with E-state index in [1.807, 2.05) is 12.1 Å². The summed E-state index contributed by atoms with van der Waals surface area (Å²) in [5.41, 5.74) is 2.28. The van der Waals surface area contributed by atoms with Gasteiger partial charge >= 0.3 is 0 Å². The third-order valence-corrected chi connectivity index (χ3v) is 5.20. The van der Waals surface area contributed by atoms with Crippen LogP contribution in [0.3, 0.4) is 0 Å². The average Bonchev–Trinajstić information content (AvgIpc) is 2.77. The van der Waals surface area contributed by atoms with E-state index in [1.54, 1.807) is 60.6 Å². The molecule has 0 aromatic heterocycles. The van der Waals surface area contributed by atoms with Gasteiger partial charge in [-0.3, -0.25) is 14.4 Å². The molecule has 1 saturated heterocycles. The summed E-state index contributed by atoms with van der Waals surface area (Å²) in [4.78, 5) is 38.0. The summed E-state index contributed by atoms with van der Waals surface area (Å²) < 4.78 is 5.13. The number of nitrogens with one attached hydrogen (secondary N) is 1. The number of likely N-dealkylation sites (tertiary alicyclic amines) is 1. The van der Waals surface area contributed by atoms with Crippen LogP contribution in [0.5, 0.6) is 5.75 Å². The van der Waals surface area contributed by atoms with Crippen LogP contribution in [0.2, 0.25) is 0 Å². The number of carbonyl (C=O) groups excluding carboxylic acids is 3. The summed E-state index contributed by atoms with van der Waals surface area (Å²) in [6.07, 6.45) is 4.64. The van der Waals surface area contributed by atoms with Crippen molar-refractivity contribution in [1.82, 2.24) is 4.90 Å². The number of carbonyl (C=O) groups is 3. The Kier molecular flexibility index (Phi) is 7.01. The van der Waals surface area contributed by atoms with Crippen molar-refractivity contribution >= 4 is 29.4 Å². The number of anilines is 1. The first kappa shape index (κ1) is 21.3. The van der Waals surface area contributed by atoms with E-state index in [2.05, 4.69) is 5.32 Å². The number of nitrogens with zero attached hydrogens (tertiary/aromatic N) is 1. The van der Waals surface area contributed by atoms with Crippen molar-refractivity contribution in [3.63, 3.8) is 0 Å². The van der Waals surface area contributed by atoms with Gasteiger partial charge in [-0.15, -0.1) is 0 Å². The van der Waals surface area contributed by atoms with Gasteiger partial charge in [0.25, 0.3) is 0 Å². The standard InChI is InChI=1S/C24H26N2O4/c1-17(27)25-21-8-3-18(4-9-21)5-12-23(28)26-15-13-20(14-16-26)24(29)19-6-10-22(30-2)11-7-19/h3-12,20H,13-16H2,1-2H3,(H,25,27)/b12-5+. The molecule has 30 heavy (non-hydrogen) atoms. The van der Waals surface area contributed by atoms with E-state index < -0.39 is 0 Å². The second kappa shape index (κ2) is 9.87. The predicted molar refractivity (Wildman–Crippen MR) is 116 cm³/mol. The minimum atomic E-state index is -0.123. The van der Waals surface area contributed by atoms with Crippen LogP contribution in [-0.2, 0) is 9.59 Å². The van der Waals surface area contributed by atoms with Crippen molar-refractivity contribution in [1.29, 1.82) is 0 Å². The number of ketones is 1. The summed E-state index contributed by atoms with van der Waals surface area (Å²) in [6, 6.07) is 14.4. The van der Waals surface area contributed by atoms with Gasteiger partial charge in [-0.25, -0.2) is 0 Å². The highest BCUT2D eigenvalue weighted by molar-refractivity contribution is 5.98. The molecule has 2 aromatic carbocycles. The summed E-state index contributed by atoms with van der Waals surface area (Å²) in [7, 11) is 1.60. The molecule has 1 aliphatic heterocycles. The molecule has 2 amide bonds. The van der Waals surface area contributed by atoms with Crippen LogP contribution in [0.4, 0.5) is 5.69 Å². The highest BCUT2D eigenvalue weighted by Gasteiger charge is 2.27. The number of amides is 2. The fourth-order valence-electron chi connectivity index (χ4n) is 3.51. The fraction of sp³-hybridized carbons (Fsp3) is 0.292. The Morgan fingerprint density at radius 3 is 2.20 bits per heavy atom. The quantitative estimate of drug-likeness (QED) is 0.585. The molecule has 1 aliphatic rings. The number of benzene rings is 2. The number of hydrogen-bond donors (Lipinski definition) is 1. The largest absolute Gasteiger partial charge is 0.497 e. The summed E-state index contributed by atoms with van der Waals surface area (Å²) in [5.74, 6) is 0.606. The van der Waals surface area contributed by atoms with E-state index >= 15 is 0 Å². The van der Waals surface area contributed by atoms with Crippen molar-refractivity contribution in [2.75, 3.05) is 25.5 Å². The molecule has 1 heterocycles. The first-order valence-corrected chi connectivity index (χ1v) is 9.99. The van der Waals surface area contributed by atoms with Gasteiger partial charge in [0, 0.05) is 43.3 Å². The minimum Gasteiger partial charge on any atom is -0.497 e. The predicted octanol–water partition coefficient (Wildman–Crippen LogP) is 3.79. The molecule has 1 N–H and O–H groups in total. The van der Waals surface area contributed by atoms with Crippen LogP contribution < -0.4 is 10.1 Å². The van der Waals surface area contributed by atoms with Crippen molar-refractivity contribution in [3.05, 3.63) is 65.7 Å². The van der Waals surface area contributed by atoms with Gasteiger partial charge in [0.2, 0.25) is 11.8 Å². The number of piperidine rings is 1. The van der Waals surface area contributed by atoms with E-state index in [-0.39, 0.29) is 23.5 Å². The maximum atomic E-state index is 12.7. The van der Waals surface area contributed by atoms with Gasteiger partial charge in [0.05, 0.1) is 7.11 Å². The number of ether oxygens (including phenoxy) is 1. The zero-order chi connectivity index (χ0) is 21.5. The lowest BCUT2D eigenvalue weighted by Crippen LogP contribution is -2.39. The average molecular weight is 406 g/mol. The van der Waals surface area contributed by atoms with E-state index in [9.17, 15) is 14.4 Å². The smallest absolute Gasteiger partial charge is 0.246 e. The molecule has 3 rings (SSSR count). The Morgan fingerprint density at radius 2 is 1.63 bits per heavy atom. The molecule has 6 nitrogen and oxygen atoms in total. The van der Waals surface area contributed by atoms with Crippen LogP contribution in [0, 0.1) is 5.92 Å². The summed E-state index contributed by atoms with van der Waals surface area (Å²) in [5, 5.41) is 2.71. The van der Waals surface area contributed by atoms with Crippen LogP contribution in [-0.4, -0.2) is 42.7 Å². The normalized spacial score (nSPS) is 14.5. The lowest BCUT2D eigenvalue weighted by molar-refractivity contribution is -0.127. The highest BCUT2D eigenvalue weighted by Crippen LogP contribution is 2.23. The monoisotopic (exact) mass is 406 g/mol. The Morgan fingerprint density at radius 1 is 1.00 bits per heavy atom. The Balaban J connectivity index is 1.51. The third kappa shape index (κ3) is 5.56. The van der Waals surface area contributed by atoms with Crippen LogP contribution in [0.15, 0.2) is 54.6 Å². The second-order valence-electron chi connectivity index (χ2n) is 7.33. The Labute approximate surface area is 176 Å². The zero-order valence-corrected chi connectivity index (χ0v) is 17.3. The number of methoxy groups -OCH3 is 1. The maximum absolute atomic E-state index is 12.7. The molecule has 156 valence electrons. The first-order valence-electron chi connectivity index (χ1n) is 9.99. The number of Topliss-reactive ketones (excluding diaryl/α,β-unsaturated/α-hetero) is 1. The van der Waals surface area contributed by atoms with Crippen molar-refractivity contribution in [2.24, 2.45) is 5.92 Å². The third-order valence-electron chi connectivity index (χ3n) is 5.20. The van der Waals surface area contributed by atoms with Crippen LogP contribution in [0.1, 0.15) is 35.7 Å². The van der Waals surface area contributed by atoms with Gasteiger partial charge in [-0.05, 0) is 60.9 Å². The number of hydrogen-bond acceptors (Lipinski definition) is 4. The van der Waals surface area contributed by atoms with Crippen molar-refractivity contribution in [2.45, 2.75) is 19.8 Å². The topological polar surface area (TPSA) is 75.7 Å². The molecular weight excluding hydrogens is 380 g/mol. The minimum absolute atomic E-state index is 0.0590. The van der Waals surface area contributed by atoms with Gasteiger partial charge in [0.1, 0.15) is 5.75 Å². The van der Waals surface area contributed by atoms with Crippen molar-refractivity contribution < 1.29 is 19.1 Å². The zero-order valence-electron chi connectivity index (χ0n) is 17.3. The van der Waals surface area contributed by atoms with E-state index in [0.717, 1.165) is 17.0 Å². The lowest BCUT2D eigenvalue weighted by atomic mass is 9.89. The second-order valence-corrected chi connectivity index (χ2v) is 7.33. The molecule has 1 fully saturated rings. The lowest BCUT2D eigenvalue weighted by Gasteiger charge is -2.30. The van der Waals surface area contributed by atoms with E-state index in [1.165, 1.54) is 6.92 Å². The van der Waals surface area contributed by atoms with Gasteiger partial charge in [-0.2, -0.15) is 0 Å². The molecule has 6 heteroatoms. The van der Waals surface area contributed by atoms with Gasteiger partial charge in [0.15, 0.2) is 5.78 Å². The molecule has 0 atom stereocenters. The highest BCUT2D eigenvalue weighted by atomic mass is 16.5. The molecule has 0 radical (unpaired) electrons. The molecule has 0 unspecified atom stereocenters. The Hall–Kier alpha value is -3.41. The van der Waals surface area contributed by atoms with Crippen LogP contribution in [0.25, 0.3) is 6.08 Å². The number of rotatable bonds is 6. The van der Waals surface area contributed by atoms with Crippen molar-refractivity contribution in [3.8, 4) is 5.75 Å². The first-order chi connectivity index (χ1) is 14.5. The molecule has 0 spiro atoms. The SMILES string of the molecule is COc1ccc(C(=O)C2CCN(C(=O)/C=C/c3ccc(NC(C)=O)cc3)CC2)cc1. The molecular formula is C24H26N2O4. The summed E-state index contributed by atoms with van der Waals surface area (Å²) >= 11 is 0. The molecule has 0 aliphatic carbocycles. The maximum Gasteiger partial charge on any atom is 0.246 e. The Bertz CT molecular complexity index is 925. The molecule has 2 aromatic rings. The fourth-order valence-corrected chi connectivity index (χ4v) is 3.51. The van der Waals surface area contributed by atoms with Gasteiger partial charge < -0.3 is 15.0 Å². The van der Waals surface area contributed by atoms with Gasteiger partial charge in [-0.1, -0.05) is 12.1 Å². The van der Waals surface area contributed by atoms with E-state index in [4.69, 9.17) is 4.74 Å². The van der Waals surface area contributed by atoms with E-state index in [0.29, 0.717) is 31.5 Å².